The highest BCUT2D eigenvalue weighted by Gasteiger charge is 2.38. The molecular weight excluding hydrogens is 286 g/mol. The topological polar surface area (TPSA) is 28.6 Å². The van der Waals surface area contributed by atoms with Crippen LogP contribution in [0, 0.1) is 0 Å². The molecule has 1 aromatic carbocycles. The Morgan fingerprint density at radius 3 is 3.05 bits per heavy atom. The van der Waals surface area contributed by atoms with Gasteiger partial charge in [-0.25, -0.2) is 0 Å². The minimum absolute atomic E-state index is 0.305. The number of morpholine rings is 1. The van der Waals surface area contributed by atoms with Gasteiger partial charge in [-0.05, 0) is 31.3 Å². The van der Waals surface area contributed by atoms with Gasteiger partial charge in [0.15, 0.2) is 0 Å². The van der Waals surface area contributed by atoms with Gasteiger partial charge < -0.3 is 9.64 Å². The average molecular weight is 304 g/mol. The van der Waals surface area contributed by atoms with Crippen LogP contribution in [0.25, 0.3) is 10.9 Å². The summed E-state index contributed by atoms with van der Waals surface area (Å²) in [5, 5.41) is 1.88. The number of ether oxygens (including phenoxy) is 1. The van der Waals surface area contributed by atoms with Crippen LogP contribution in [-0.2, 0) is 4.74 Å². The molecule has 21 heavy (non-hydrogen) atoms. The second kappa shape index (κ2) is 5.13. The van der Waals surface area contributed by atoms with Gasteiger partial charge in [0.1, 0.15) is 0 Å². The summed E-state index contributed by atoms with van der Waals surface area (Å²) < 4.78 is 5.94. The van der Waals surface area contributed by atoms with E-state index in [-0.39, 0.29) is 0 Å². The molecule has 2 aliphatic heterocycles. The van der Waals surface area contributed by atoms with E-state index in [0.29, 0.717) is 12.1 Å². The molecule has 2 aliphatic rings. The summed E-state index contributed by atoms with van der Waals surface area (Å²) in [5.41, 5.74) is 2.17. The Morgan fingerprint density at radius 1 is 1.29 bits per heavy atom. The molecular formula is C16H18ClN3O. The number of halogens is 1. The van der Waals surface area contributed by atoms with Crippen LogP contribution in [0.4, 0.5) is 5.69 Å². The number of aromatic nitrogens is 1. The number of fused-ring (bicyclic) bond motifs is 2. The molecule has 0 aliphatic carbocycles. The van der Waals surface area contributed by atoms with Crippen LogP contribution in [0.15, 0.2) is 30.5 Å². The Hall–Kier alpha value is -1.36. The predicted molar refractivity (Wildman–Crippen MR) is 85.1 cm³/mol. The summed E-state index contributed by atoms with van der Waals surface area (Å²) in [7, 11) is 2.19. The maximum absolute atomic E-state index is 6.07. The summed E-state index contributed by atoms with van der Waals surface area (Å²) in [6, 6.07) is 8.49. The van der Waals surface area contributed by atoms with Crippen molar-refractivity contribution in [3.8, 4) is 0 Å². The summed E-state index contributed by atoms with van der Waals surface area (Å²) >= 11 is 6.07. The summed E-state index contributed by atoms with van der Waals surface area (Å²) in [6.45, 7) is 3.79. The summed E-state index contributed by atoms with van der Waals surface area (Å²) in [4.78, 5) is 9.25. The van der Waals surface area contributed by atoms with E-state index >= 15 is 0 Å². The zero-order valence-electron chi connectivity index (χ0n) is 12.0. The Balaban J connectivity index is 1.71. The van der Waals surface area contributed by atoms with Crippen LogP contribution in [0.1, 0.15) is 0 Å². The molecule has 0 radical (unpaired) electrons. The quantitative estimate of drug-likeness (QED) is 0.809. The SMILES string of the molecule is CN1CCOC2CN(c3ccnc4cc(Cl)ccc34)CC21. The molecule has 1 aromatic heterocycles. The van der Waals surface area contributed by atoms with Crippen molar-refractivity contribution in [3.05, 3.63) is 35.5 Å². The lowest BCUT2D eigenvalue weighted by atomic mass is 10.1. The summed E-state index contributed by atoms with van der Waals surface area (Å²) in [5.74, 6) is 0. The average Bonchev–Trinajstić information content (AvgIpc) is 2.91. The first-order valence-electron chi connectivity index (χ1n) is 7.33. The molecule has 0 saturated carbocycles. The highest BCUT2D eigenvalue weighted by atomic mass is 35.5. The van der Waals surface area contributed by atoms with Crippen LogP contribution >= 0.6 is 11.6 Å². The van der Waals surface area contributed by atoms with E-state index in [1.54, 1.807) is 0 Å². The van der Waals surface area contributed by atoms with Crippen molar-refractivity contribution < 1.29 is 4.74 Å². The van der Waals surface area contributed by atoms with Gasteiger partial charge in [0.05, 0.1) is 24.3 Å². The third kappa shape index (κ3) is 2.27. The van der Waals surface area contributed by atoms with Crippen molar-refractivity contribution in [2.75, 3.05) is 38.2 Å². The largest absolute Gasteiger partial charge is 0.373 e. The third-order valence-corrected chi connectivity index (χ3v) is 4.84. The molecule has 0 bridgehead atoms. The lowest BCUT2D eigenvalue weighted by Gasteiger charge is -2.33. The Bertz CT molecular complexity index is 678. The molecule has 2 aromatic rings. The molecule has 2 atom stereocenters. The highest BCUT2D eigenvalue weighted by Crippen LogP contribution is 2.32. The zero-order chi connectivity index (χ0) is 14.4. The minimum Gasteiger partial charge on any atom is -0.373 e. The van der Waals surface area contributed by atoms with E-state index in [9.17, 15) is 0 Å². The third-order valence-electron chi connectivity index (χ3n) is 4.60. The summed E-state index contributed by atoms with van der Waals surface area (Å²) in [6.07, 6.45) is 2.17. The van der Waals surface area contributed by atoms with E-state index in [0.717, 1.165) is 42.2 Å². The van der Waals surface area contributed by atoms with Crippen LogP contribution in [0.5, 0.6) is 0 Å². The number of nitrogens with zero attached hydrogens (tertiary/aromatic N) is 3. The van der Waals surface area contributed by atoms with Gasteiger partial charge in [0, 0.05) is 41.9 Å². The van der Waals surface area contributed by atoms with Crippen molar-refractivity contribution in [2.24, 2.45) is 0 Å². The first kappa shape index (κ1) is 13.3. The monoisotopic (exact) mass is 303 g/mol. The highest BCUT2D eigenvalue weighted by molar-refractivity contribution is 6.31. The number of benzene rings is 1. The number of hydrogen-bond acceptors (Lipinski definition) is 4. The molecule has 2 unspecified atom stereocenters. The van der Waals surface area contributed by atoms with Crippen LogP contribution in [0.2, 0.25) is 5.02 Å². The van der Waals surface area contributed by atoms with E-state index in [4.69, 9.17) is 16.3 Å². The predicted octanol–water partition coefficient (Wildman–Crippen LogP) is 2.41. The number of anilines is 1. The second-order valence-electron chi connectivity index (χ2n) is 5.85. The van der Waals surface area contributed by atoms with Crippen molar-refractivity contribution in [1.82, 2.24) is 9.88 Å². The van der Waals surface area contributed by atoms with Gasteiger partial charge in [-0.2, -0.15) is 0 Å². The molecule has 2 fully saturated rings. The first-order chi connectivity index (χ1) is 10.2. The Labute approximate surface area is 129 Å². The van der Waals surface area contributed by atoms with Crippen molar-refractivity contribution >= 4 is 28.2 Å². The maximum Gasteiger partial charge on any atom is 0.0922 e. The van der Waals surface area contributed by atoms with Gasteiger partial charge in [-0.15, -0.1) is 0 Å². The molecule has 3 heterocycles. The van der Waals surface area contributed by atoms with Gasteiger partial charge in [-0.3, -0.25) is 9.88 Å². The van der Waals surface area contributed by atoms with E-state index in [1.165, 1.54) is 5.69 Å². The Morgan fingerprint density at radius 2 is 2.19 bits per heavy atom. The van der Waals surface area contributed by atoms with E-state index < -0.39 is 0 Å². The smallest absolute Gasteiger partial charge is 0.0922 e. The minimum atomic E-state index is 0.305. The number of likely N-dealkylation sites (N-methyl/N-ethyl adjacent to an activating group) is 1. The standard InChI is InChI=1S/C16H18ClN3O/c1-19-6-7-21-16-10-20(9-15(16)19)14-4-5-18-13-8-11(17)2-3-12(13)14/h2-5,8,15-16H,6-7,9-10H2,1H3. The van der Waals surface area contributed by atoms with Crippen molar-refractivity contribution in [3.63, 3.8) is 0 Å². The van der Waals surface area contributed by atoms with Crippen LogP contribution < -0.4 is 4.90 Å². The molecule has 0 N–H and O–H groups in total. The Kier molecular flexibility index (Phi) is 3.25. The maximum atomic E-state index is 6.07. The van der Waals surface area contributed by atoms with Crippen LogP contribution in [0.3, 0.4) is 0 Å². The lowest BCUT2D eigenvalue weighted by molar-refractivity contribution is -0.0362. The fourth-order valence-corrected chi connectivity index (χ4v) is 3.60. The zero-order valence-corrected chi connectivity index (χ0v) is 12.8. The molecule has 5 heteroatoms. The van der Waals surface area contributed by atoms with Gasteiger partial charge >= 0.3 is 0 Å². The van der Waals surface area contributed by atoms with Crippen LogP contribution in [-0.4, -0.2) is 55.3 Å². The molecule has 110 valence electrons. The van der Waals surface area contributed by atoms with Crippen molar-refractivity contribution in [2.45, 2.75) is 12.1 Å². The lowest BCUT2D eigenvalue weighted by Crippen LogP contribution is -2.48. The second-order valence-corrected chi connectivity index (χ2v) is 6.29. The number of rotatable bonds is 1. The van der Waals surface area contributed by atoms with E-state index in [1.807, 2.05) is 18.3 Å². The molecule has 4 rings (SSSR count). The normalized spacial score (nSPS) is 26.3. The van der Waals surface area contributed by atoms with Gasteiger partial charge in [0.25, 0.3) is 0 Å². The molecule has 0 spiro atoms. The fraction of sp³-hybridized carbons (Fsp3) is 0.438. The number of hydrogen-bond donors (Lipinski definition) is 0. The molecule has 4 nitrogen and oxygen atoms in total. The molecule has 2 saturated heterocycles. The van der Waals surface area contributed by atoms with E-state index in [2.05, 4.69) is 34.0 Å². The van der Waals surface area contributed by atoms with Gasteiger partial charge in [0.2, 0.25) is 0 Å². The van der Waals surface area contributed by atoms with Gasteiger partial charge in [-0.1, -0.05) is 11.6 Å². The fourth-order valence-electron chi connectivity index (χ4n) is 3.44. The van der Waals surface area contributed by atoms with Crippen molar-refractivity contribution in [1.29, 1.82) is 0 Å². The molecule has 0 amide bonds. The number of pyridine rings is 1. The first-order valence-corrected chi connectivity index (χ1v) is 7.71.